The number of benzene rings is 1. The van der Waals surface area contributed by atoms with Gasteiger partial charge in [0.1, 0.15) is 0 Å². The van der Waals surface area contributed by atoms with Crippen molar-refractivity contribution in [3.8, 4) is 0 Å². The second kappa shape index (κ2) is 6.31. The molecule has 0 aliphatic carbocycles. The summed E-state index contributed by atoms with van der Waals surface area (Å²) in [5, 5.41) is 0.0165. The normalized spacial score (nSPS) is 14.0. The van der Waals surface area contributed by atoms with Crippen LogP contribution in [0.25, 0.3) is 0 Å². The van der Waals surface area contributed by atoms with E-state index in [1.165, 1.54) is 12.1 Å². The minimum Gasteiger partial charge on any atom is -0.300 e. The van der Waals surface area contributed by atoms with E-state index in [0.29, 0.717) is 13.0 Å². The van der Waals surface area contributed by atoms with Gasteiger partial charge in [-0.2, -0.15) is 8.78 Å². The van der Waals surface area contributed by atoms with E-state index in [4.69, 9.17) is 11.6 Å². The fraction of sp³-hybridized carbons (Fsp3) is 0.538. The summed E-state index contributed by atoms with van der Waals surface area (Å²) in [5.41, 5.74) is 0.0609. The quantitative estimate of drug-likeness (QED) is 0.706. The van der Waals surface area contributed by atoms with Crippen molar-refractivity contribution in [2.45, 2.75) is 24.6 Å². The number of halogens is 3. The van der Waals surface area contributed by atoms with Crippen LogP contribution in [0.5, 0.6) is 0 Å². The molecule has 1 aromatic carbocycles. The Bertz CT molecular complexity index is 327. The molecule has 0 N–H and O–H groups in total. The van der Waals surface area contributed by atoms with Crippen molar-refractivity contribution in [1.29, 1.82) is 0 Å². The first-order chi connectivity index (χ1) is 7.92. The van der Waals surface area contributed by atoms with Crippen molar-refractivity contribution in [1.82, 2.24) is 4.90 Å². The van der Waals surface area contributed by atoms with Crippen LogP contribution >= 0.6 is 11.6 Å². The number of likely N-dealkylation sites (N-methyl/N-ethyl adjacent to an activating group) is 1. The Morgan fingerprint density at radius 1 is 1.29 bits per heavy atom. The van der Waals surface area contributed by atoms with Gasteiger partial charge in [0, 0.05) is 10.9 Å². The molecule has 0 aliphatic heterocycles. The maximum Gasteiger partial charge on any atom is 0.285 e. The van der Waals surface area contributed by atoms with Crippen LogP contribution in [0.1, 0.15) is 18.9 Å². The maximum atomic E-state index is 13.9. The molecule has 0 spiro atoms. The second-order valence-electron chi connectivity index (χ2n) is 4.38. The van der Waals surface area contributed by atoms with Crippen LogP contribution in [0.3, 0.4) is 0 Å². The molecule has 1 rings (SSSR count). The lowest BCUT2D eigenvalue weighted by atomic mass is 10.1. The Labute approximate surface area is 106 Å². The molecular weight excluding hydrogens is 244 g/mol. The van der Waals surface area contributed by atoms with E-state index in [9.17, 15) is 8.78 Å². The van der Waals surface area contributed by atoms with Crippen LogP contribution < -0.4 is 0 Å². The molecule has 0 saturated heterocycles. The molecule has 0 radical (unpaired) electrons. The van der Waals surface area contributed by atoms with Gasteiger partial charge in [-0.05, 0) is 26.9 Å². The second-order valence-corrected chi connectivity index (χ2v) is 5.12. The Morgan fingerprint density at radius 2 is 1.88 bits per heavy atom. The summed E-state index contributed by atoms with van der Waals surface area (Å²) in [4.78, 5) is 1.62. The fourth-order valence-electron chi connectivity index (χ4n) is 1.59. The Hall–Kier alpha value is -0.670. The molecule has 0 heterocycles. The molecule has 0 aromatic heterocycles. The molecule has 1 atom stereocenters. The third-order valence-electron chi connectivity index (χ3n) is 2.57. The van der Waals surface area contributed by atoms with Gasteiger partial charge in [0.25, 0.3) is 5.92 Å². The largest absolute Gasteiger partial charge is 0.300 e. The van der Waals surface area contributed by atoms with Crippen molar-refractivity contribution >= 4 is 11.6 Å². The predicted octanol–water partition coefficient (Wildman–Crippen LogP) is 3.73. The molecule has 4 heteroatoms. The van der Waals surface area contributed by atoms with Crippen molar-refractivity contribution in [2.24, 2.45) is 0 Å². The van der Waals surface area contributed by atoms with Crippen LogP contribution in [0.2, 0.25) is 0 Å². The number of nitrogens with zero attached hydrogens (tertiary/aromatic N) is 1. The van der Waals surface area contributed by atoms with Crippen LogP contribution in [-0.2, 0) is 5.92 Å². The summed E-state index contributed by atoms with van der Waals surface area (Å²) < 4.78 is 27.7. The number of alkyl halides is 3. The van der Waals surface area contributed by atoms with Gasteiger partial charge in [0.05, 0.1) is 6.54 Å². The highest BCUT2D eigenvalue weighted by Crippen LogP contribution is 2.28. The first kappa shape index (κ1) is 14.4. The van der Waals surface area contributed by atoms with Gasteiger partial charge in [0.15, 0.2) is 0 Å². The summed E-state index contributed by atoms with van der Waals surface area (Å²) in [7, 11) is 1.69. The van der Waals surface area contributed by atoms with E-state index in [0.717, 1.165) is 0 Å². The molecule has 17 heavy (non-hydrogen) atoms. The van der Waals surface area contributed by atoms with Crippen molar-refractivity contribution in [3.63, 3.8) is 0 Å². The van der Waals surface area contributed by atoms with Gasteiger partial charge in [-0.3, -0.25) is 0 Å². The third kappa shape index (κ3) is 5.00. The first-order valence-electron chi connectivity index (χ1n) is 5.68. The Kier molecular flexibility index (Phi) is 5.34. The van der Waals surface area contributed by atoms with Gasteiger partial charge in [-0.25, -0.2) is 0 Å². The molecule has 0 saturated carbocycles. The monoisotopic (exact) mass is 261 g/mol. The summed E-state index contributed by atoms with van der Waals surface area (Å²) in [6.07, 6.45) is 0.711. The molecule has 0 aliphatic rings. The highest BCUT2D eigenvalue weighted by molar-refractivity contribution is 6.20. The van der Waals surface area contributed by atoms with Crippen molar-refractivity contribution < 1.29 is 8.78 Å². The lowest BCUT2D eigenvalue weighted by Gasteiger charge is -2.24. The molecule has 0 amide bonds. The molecular formula is C13H18ClF2N. The van der Waals surface area contributed by atoms with Crippen molar-refractivity contribution in [2.75, 3.05) is 20.1 Å². The van der Waals surface area contributed by atoms with Gasteiger partial charge >= 0.3 is 0 Å². The average molecular weight is 262 g/mol. The van der Waals surface area contributed by atoms with E-state index in [2.05, 4.69) is 0 Å². The lowest BCUT2D eigenvalue weighted by Crippen LogP contribution is -2.33. The molecule has 1 unspecified atom stereocenters. The lowest BCUT2D eigenvalue weighted by molar-refractivity contribution is -0.0322. The zero-order chi connectivity index (χ0) is 12.9. The minimum absolute atomic E-state index is 0.0165. The number of rotatable bonds is 6. The fourth-order valence-corrected chi connectivity index (χ4v) is 1.69. The Morgan fingerprint density at radius 3 is 2.41 bits per heavy atom. The summed E-state index contributed by atoms with van der Waals surface area (Å²) in [5.74, 6) is -2.81. The SMILES string of the molecule is CC(Cl)CCN(C)CC(F)(F)c1ccccc1. The van der Waals surface area contributed by atoms with E-state index >= 15 is 0 Å². The highest BCUT2D eigenvalue weighted by atomic mass is 35.5. The standard InChI is InChI=1S/C13H18ClF2N/c1-11(14)8-9-17(2)10-13(15,16)12-6-4-3-5-7-12/h3-7,11H,8-10H2,1-2H3. The summed E-state index contributed by atoms with van der Waals surface area (Å²) in [6.45, 7) is 2.17. The van der Waals surface area contributed by atoms with Crippen LogP contribution in [-0.4, -0.2) is 30.4 Å². The molecule has 0 bridgehead atoms. The van der Waals surface area contributed by atoms with Crippen LogP contribution in [0.4, 0.5) is 8.78 Å². The number of hydrogen-bond acceptors (Lipinski definition) is 1. The van der Waals surface area contributed by atoms with E-state index in [1.54, 1.807) is 30.1 Å². The summed E-state index contributed by atoms with van der Waals surface area (Å²) >= 11 is 5.80. The molecule has 0 fully saturated rings. The molecule has 96 valence electrons. The smallest absolute Gasteiger partial charge is 0.285 e. The zero-order valence-corrected chi connectivity index (χ0v) is 10.9. The van der Waals surface area contributed by atoms with Gasteiger partial charge in [-0.1, -0.05) is 30.3 Å². The molecule has 1 nitrogen and oxygen atoms in total. The molecule has 1 aromatic rings. The topological polar surface area (TPSA) is 3.24 Å². The highest BCUT2D eigenvalue weighted by Gasteiger charge is 2.32. The van der Waals surface area contributed by atoms with Crippen molar-refractivity contribution in [3.05, 3.63) is 35.9 Å². The van der Waals surface area contributed by atoms with Gasteiger partial charge in [0.2, 0.25) is 0 Å². The van der Waals surface area contributed by atoms with Gasteiger partial charge < -0.3 is 4.90 Å². The number of hydrogen-bond donors (Lipinski definition) is 0. The first-order valence-corrected chi connectivity index (χ1v) is 6.11. The average Bonchev–Trinajstić information content (AvgIpc) is 2.27. The third-order valence-corrected chi connectivity index (χ3v) is 2.79. The zero-order valence-electron chi connectivity index (χ0n) is 10.2. The maximum absolute atomic E-state index is 13.9. The van der Waals surface area contributed by atoms with Crippen LogP contribution in [0.15, 0.2) is 30.3 Å². The summed E-state index contributed by atoms with van der Waals surface area (Å²) in [6, 6.07) is 7.91. The van der Waals surface area contributed by atoms with Crippen LogP contribution in [0, 0.1) is 0 Å². The Balaban J connectivity index is 2.54. The predicted molar refractivity (Wildman–Crippen MR) is 67.8 cm³/mol. The van der Waals surface area contributed by atoms with E-state index in [1.807, 2.05) is 6.92 Å². The minimum atomic E-state index is -2.81. The van der Waals surface area contributed by atoms with Gasteiger partial charge in [-0.15, -0.1) is 11.6 Å². The van der Waals surface area contributed by atoms with E-state index < -0.39 is 5.92 Å². The van der Waals surface area contributed by atoms with E-state index in [-0.39, 0.29) is 17.5 Å².